The summed E-state index contributed by atoms with van der Waals surface area (Å²) in [6, 6.07) is 1.78. The lowest BCUT2D eigenvalue weighted by molar-refractivity contribution is 0.0929. The van der Waals surface area contributed by atoms with Crippen LogP contribution in [0.25, 0.3) is 0 Å². The molecule has 0 aliphatic rings. The number of carbonyl (C=O) groups is 1. The quantitative estimate of drug-likeness (QED) is 0.839. The molecule has 0 aliphatic carbocycles. The van der Waals surface area contributed by atoms with Crippen molar-refractivity contribution < 1.29 is 4.79 Å². The van der Waals surface area contributed by atoms with Crippen molar-refractivity contribution in [3.63, 3.8) is 0 Å². The van der Waals surface area contributed by atoms with E-state index in [1.807, 2.05) is 20.8 Å². The minimum atomic E-state index is -0.120. The molecule has 94 valence electrons. The molecule has 0 saturated heterocycles. The summed E-state index contributed by atoms with van der Waals surface area (Å²) in [6.45, 7) is 7.54. The van der Waals surface area contributed by atoms with E-state index in [0.717, 1.165) is 5.69 Å². The van der Waals surface area contributed by atoms with Gasteiger partial charge in [-0.2, -0.15) is 10.2 Å². The molecule has 0 bridgehead atoms. The zero-order valence-corrected chi connectivity index (χ0v) is 11.4. The molecular formula is C12H18ClN3O. The molecule has 5 heteroatoms. The molecule has 2 atom stereocenters. The normalized spacial score (nSPS) is 14.2. The van der Waals surface area contributed by atoms with Crippen LogP contribution in [0.3, 0.4) is 0 Å². The van der Waals surface area contributed by atoms with Crippen molar-refractivity contribution in [3.05, 3.63) is 23.0 Å². The fourth-order valence-electron chi connectivity index (χ4n) is 1.34. The van der Waals surface area contributed by atoms with Crippen LogP contribution in [-0.4, -0.2) is 28.0 Å². The third-order valence-electron chi connectivity index (χ3n) is 2.80. The largest absolute Gasteiger partial charge is 0.349 e. The maximum absolute atomic E-state index is 12.0. The molecule has 2 unspecified atom stereocenters. The fourth-order valence-corrected chi connectivity index (χ4v) is 1.61. The summed E-state index contributed by atoms with van der Waals surface area (Å²) in [5, 5.41) is 10.8. The number of amides is 1. The molecule has 1 N–H and O–H groups in total. The number of aromatic nitrogens is 2. The average molecular weight is 256 g/mol. The first kappa shape index (κ1) is 13.9. The predicted molar refractivity (Wildman–Crippen MR) is 68.3 cm³/mol. The Hall–Kier alpha value is -1.16. The van der Waals surface area contributed by atoms with Gasteiger partial charge in [-0.05, 0) is 32.8 Å². The first-order valence-corrected chi connectivity index (χ1v) is 6.17. The standard InChI is InChI=1S/C12H18ClN3O/c1-7(6-13)9(3)14-12(17)11-5-8(2)15-16-10(11)4/h5,7,9H,6H2,1-4H3,(H,14,17). The lowest BCUT2D eigenvalue weighted by Gasteiger charge is -2.19. The van der Waals surface area contributed by atoms with Crippen molar-refractivity contribution in [2.45, 2.75) is 33.7 Å². The van der Waals surface area contributed by atoms with Crippen molar-refractivity contribution >= 4 is 17.5 Å². The monoisotopic (exact) mass is 255 g/mol. The summed E-state index contributed by atoms with van der Waals surface area (Å²) in [5.74, 6) is 0.635. The maximum Gasteiger partial charge on any atom is 0.253 e. The van der Waals surface area contributed by atoms with E-state index in [1.165, 1.54) is 0 Å². The van der Waals surface area contributed by atoms with Crippen molar-refractivity contribution in [1.82, 2.24) is 15.5 Å². The van der Waals surface area contributed by atoms with E-state index >= 15 is 0 Å². The number of carbonyl (C=O) groups excluding carboxylic acids is 1. The van der Waals surface area contributed by atoms with E-state index in [4.69, 9.17) is 11.6 Å². The van der Waals surface area contributed by atoms with Gasteiger partial charge in [0.2, 0.25) is 0 Å². The SMILES string of the molecule is Cc1cc(C(=O)NC(C)C(C)CCl)c(C)nn1. The van der Waals surface area contributed by atoms with Crippen LogP contribution in [0.1, 0.15) is 35.6 Å². The van der Waals surface area contributed by atoms with Crippen LogP contribution in [0.4, 0.5) is 0 Å². The molecule has 1 aromatic heterocycles. The third-order valence-corrected chi connectivity index (χ3v) is 3.29. The summed E-state index contributed by atoms with van der Waals surface area (Å²) in [7, 11) is 0. The Morgan fingerprint density at radius 2 is 2.06 bits per heavy atom. The summed E-state index contributed by atoms with van der Waals surface area (Å²) in [6.07, 6.45) is 0. The molecule has 4 nitrogen and oxygen atoms in total. The zero-order valence-electron chi connectivity index (χ0n) is 10.6. The van der Waals surface area contributed by atoms with Crippen molar-refractivity contribution in [2.75, 3.05) is 5.88 Å². The number of halogens is 1. The van der Waals surface area contributed by atoms with Crippen molar-refractivity contribution in [1.29, 1.82) is 0 Å². The van der Waals surface area contributed by atoms with Gasteiger partial charge >= 0.3 is 0 Å². The molecule has 0 radical (unpaired) electrons. The predicted octanol–water partition coefficient (Wildman–Crippen LogP) is 2.09. The molecule has 0 fully saturated rings. The smallest absolute Gasteiger partial charge is 0.253 e. The van der Waals surface area contributed by atoms with Gasteiger partial charge in [0.25, 0.3) is 5.91 Å². The molecule has 0 saturated carbocycles. The van der Waals surface area contributed by atoms with Gasteiger partial charge in [0.05, 0.1) is 17.0 Å². The summed E-state index contributed by atoms with van der Waals surface area (Å²) >= 11 is 5.76. The van der Waals surface area contributed by atoms with Gasteiger partial charge in [-0.25, -0.2) is 0 Å². The Kier molecular flexibility index (Phi) is 4.87. The van der Waals surface area contributed by atoms with Crippen molar-refractivity contribution in [3.8, 4) is 0 Å². The molecule has 1 aromatic rings. The van der Waals surface area contributed by atoms with E-state index in [0.29, 0.717) is 17.1 Å². The number of alkyl halides is 1. The molecule has 1 amide bonds. The lowest BCUT2D eigenvalue weighted by Crippen LogP contribution is -2.38. The topological polar surface area (TPSA) is 54.9 Å². The van der Waals surface area contributed by atoms with E-state index in [1.54, 1.807) is 13.0 Å². The Labute approximate surface area is 107 Å². The summed E-state index contributed by atoms with van der Waals surface area (Å²) in [5.41, 5.74) is 1.95. The summed E-state index contributed by atoms with van der Waals surface area (Å²) < 4.78 is 0. The van der Waals surface area contributed by atoms with Crippen LogP contribution in [0, 0.1) is 19.8 Å². The van der Waals surface area contributed by atoms with Crippen LogP contribution >= 0.6 is 11.6 Å². The van der Waals surface area contributed by atoms with Gasteiger partial charge in [-0.3, -0.25) is 4.79 Å². The lowest BCUT2D eigenvalue weighted by atomic mass is 10.1. The fraction of sp³-hybridized carbons (Fsp3) is 0.583. The Bertz CT molecular complexity index is 409. The second-order valence-corrected chi connectivity index (χ2v) is 4.69. The second-order valence-electron chi connectivity index (χ2n) is 4.38. The molecule has 0 aromatic carbocycles. The highest BCUT2D eigenvalue weighted by atomic mass is 35.5. The van der Waals surface area contributed by atoms with Crippen LogP contribution < -0.4 is 5.32 Å². The number of hydrogen-bond acceptors (Lipinski definition) is 3. The van der Waals surface area contributed by atoms with Crippen LogP contribution in [0.15, 0.2) is 6.07 Å². The molecule has 1 rings (SSSR count). The van der Waals surface area contributed by atoms with Gasteiger partial charge < -0.3 is 5.32 Å². The van der Waals surface area contributed by atoms with Gasteiger partial charge in [0, 0.05) is 11.9 Å². The third kappa shape index (κ3) is 3.66. The highest BCUT2D eigenvalue weighted by molar-refractivity contribution is 6.18. The van der Waals surface area contributed by atoms with E-state index in [-0.39, 0.29) is 17.9 Å². The van der Waals surface area contributed by atoms with Crippen molar-refractivity contribution in [2.24, 2.45) is 5.92 Å². The molecule has 0 spiro atoms. The molecule has 0 aliphatic heterocycles. The zero-order chi connectivity index (χ0) is 13.0. The Morgan fingerprint density at radius 3 is 2.65 bits per heavy atom. The Balaban J connectivity index is 2.79. The number of aryl methyl sites for hydroxylation is 2. The van der Waals surface area contributed by atoms with Crippen LogP contribution in [0.5, 0.6) is 0 Å². The van der Waals surface area contributed by atoms with E-state index in [2.05, 4.69) is 15.5 Å². The number of hydrogen-bond donors (Lipinski definition) is 1. The minimum absolute atomic E-state index is 0.0351. The Morgan fingerprint density at radius 1 is 1.41 bits per heavy atom. The highest BCUT2D eigenvalue weighted by Crippen LogP contribution is 2.09. The van der Waals surface area contributed by atoms with Crippen LogP contribution in [0.2, 0.25) is 0 Å². The first-order chi connectivity index (χ1) is 7.95. The number of nitrogens with one attached hydrogen (secondary N) is 1. The average Bonchev–Trinajstić information content (AvgIpc) is 2.30. The number of nitrogens with zero attached hydrogens (tertiary/aromatic N) is 2. The number of rotatable bonds is 4. The van der Waals surface area contributed by atoms with Gasteiger partial charge in [-0.15, -0.1) is 11.6 Å². The minimum Gasteiger partial charge on any atom is -0.349 e. The van der Waals surface area contributed by atoms with E-state index < -0.39 is 0 Å². The summed E-state index contributed by atoms with van der Waals surface area (Å²) in [4.78, 5) is 12.0. The molecule has 1 heterocycles. The van der Waals surface area contributed by atoms with Gasteiger partial charge in [-0.1, -0.05) is 6.92 Å². The maximum atomic E-state index is 12.0. The second kappa shape index (κ2) is 5.96. The molecular weight excluding hydrogens is 238 g/mol. The molecule has 17 heavy (non-hydrogen) atoms. The van der Waals surface area contributed by atoms with Gasteiger partial charge in [0.15, 0.2) is 0 Å². The van der Waals surface area contributed by atoms with Gasteiger partial charge in [0.1, 0.15) is 0 Å². The highest BCUT2D eigenvalue weighted by Gasteiger charge is 2.17. The first-order valence-electron chi connectivity index (χ1n) is 5.63. The van der Waals surface area contributed by atoms with Crippen LogP contribution in [-0.2, 0) is 0 Å². The van der Waals surface area contributed by atoms with E-state index in [9.17, 15) is 4.79 Å².